The summed E-state index contributed by atoms with van der Waals surface area (Å²) in [6.45, 7) is 21.7. The van der Waals surface area contributed by atoms with E-state index < -0.39 is 16.8 Å². The highest BCUT2D eigenvalue weighted by Gasteiger charge is 2.76. The van der Waals surface area contributed by atoms with Crippen molar-refractivity contribution in [3.05, 3.63) is 83.1 Å². The van der Waals surface area contributed by atoms with Crippen molar-refractivity contribution >= 4 is 11.8 Å². The summed E-state index contributed by atoms with van der Waals surface area (Å²) in [4.78, 5) is 24.6. The van der Waals surface area contributed by atoms with Crippen molar-refractivity contribution in [2.24, 2.45) is 16.7 Å². The van der Waals surface area contributed by atoms with E-state index >= 15 is 0 Å². The quantitative estimate of drug-likeness (QED) is 0.103. The average molecular weight is 635 g/mol. The Hall–Kier alpha value is -2.80. The van der Waals surface area contributed by atoms with Crippen LogP contribution in [0, 0.1) is 16.7 Å². The topological polar surface area (TPSA) is 96.4 Å². The maximum atomic E-state index is 13.1. The van der Waals surface area contributed by atoms with Gasteiger partial charge in [-0.25, -0.2) is 0 Å². The molecule has 6 heteroatoms. The molecular weight excluding hydrogens is 576 g/mol. The molecule has 2 aliphatic carbocycles. The number of rotatable bonds is 11. The normalized spacial score (nSPS) is 35.1. The van der Waals surface area contributed by atoms with Crippen molar-refractivity contribution in [3.63, 3.8) is 0 Å². The Bertz CT molecular complexity index is 1360. The molecule has 6 nitrogen and oxygen atoms in total. The van der Waals surface area contributed by atoms with Crippen LogP contribution in [-0.4, -0.2) is 51.0 Å². The van der Waals surface area contributed by atoms with Gasteiger partial charge in [0.05, 0.1) is 17.3 Å². The van der Waals surface area contributed by atoms with Crippen molar-refractivity contribution in [2.75, 3.05) is 0 Å². The van der Waals surface area contributed by atoms with E-state index in [1.165, 1.54) is 6.92 Å². The highest BCUT2D eigenvalue weighted by molar-refractivity contribution is 5.96. The van der Waals surface area contributed by atoms with Crippen LogP contribution in [0.25, 0.3) is 0 Å². The third-order valence-corrected chi connectivity index (χ3v) is 10.4. The Morgan fingerprint density at radius 2 is 1.35 bits per heavy atom. The van der Waals surface area contributed by atoms with Crippen LogP contribution >= 0.6 is 0 Å². The smallest absolute Gasteiger partial charge is 0.302 e. The standard InChI is InChI=1S/C40H58O6/c1-27(18-14-20-29(3)34(43)26-40-37(8,9)22-32(42)23-39(40,11)46-40)16-12-13-17-28(2)19-15-21-30(4)35-36(6,7)24-33(45-31(5)41)25-38(35,10)44/h12-21,32-33,35,42,44H,22-26H2,1-11H3/b13-12+,18-14+,19-15+,27-16+,28-17+,29-20+,30-21+. The molecule has 0 aromatic carbocycles. The number of allylic oxidation sites excluding steroid dienone is 13. The SMILES string of the molecule is CC(=O)OC1CC(C)(C)C(/C(C)=C/C=C/C(C)=C/C=C/C=C(C)/C=C/C=C(\C)C(=O)CC23OC2(C)CC(O)CC3(C)C)C(C)(O)C1. The molecule has 254 valence electrons. The number of fused-ring (bicyclic) bond motifs is 1. The molecule has 0 radical (unpaired) electrons. The van der Waals surface area contributed by atoms with Crippen molar-refractivity contribution in [3.8, 4) is 0 Å². The summed E-state index contributed by atoms with van der Waals surface area (Å²) >= 11 is 0. The summed E-state index contributed by atoms with van der Waals surface area (Å²) in [6, 6.07) is 0. The number of hydrogen-bond donors (Lipinski definition) is 2. The van der Waals surface area contributed by atoms with E-state index in [2.05, 4.69) is 40.7 Å². The Labute approximate surface area is 277 Å². The first-order chi connectivity index (χ1) is 21.1. The van der Waals surface area contributed by atoms with Gasteiger partial charge >= 0.3 is 5.97 Å². The highest BCUT2D eigenvalue weighted by atomic mass is 16.6. The van der Waals surface area contributed by atoms with Gasteiger partial charge in [0.15, 0.2) is 5.78 Å². The van der Waals surface area contributed by atoms with Crippen LogP contribution in [0.1, 0.15) is 108 Å². The fraction of sp³-hybridized carbons (Fsp3) is 0.600. The highest BCUT2D eigenvalue weighted by Crippen LogP contribution is 2.67. The van der Waals surface area contributed by atoms with Gasteiger partial charge in [-0.1, -0.05) is 105 Å². The molecular formula is C40H58O6. The lowest BCUT2D eigenvalue weighted by Gasteiger charge is -2.51. The van der Waals surface area contributed by atoms with E-state index in [9.17, 15) is 19.8 Å². The number of aliphatic hydroxyl groups excluding tert-OH is 1. The number of epoxide rings is 1. The van der Waals surface area contributed by atoms with Gasteiger partial charge in [0, 0.05) is 32.1 Å². The van der Waals surface area contributed by atoms with Crippen LogP contribution in [0.2, 0.25) is 0 Å². The lowest BCUT2D eigenvalue weighted by Crippen LogP contribution is -2.52. The number of aliphatic hydroxyl groups is 2. The summed E-state index contributed by atoms with van der Waals surface area (Å²) in [5.74, 6) is -0.280. The van der Waals surface area contributed by atoms with Crippen LogP contribution in [0.3, 0.4) is 0 Å². The molecule has 3 fully saturated rings. The van der Waals surface area contributed by atoms with Gasteiger partial charge in [0.2, 0.25) is 0 Å². The molecule has 6 unspecified atom stereocenters. The summed E-state index contributed by atoms with van der Waals surface area (Å²) in [7, 11) is 0. The summed E-state index contributed by atoms with van der Waals surface area (Å²) in [5.41, 5.74) is 1.55. The van der Waals surface area contributed by atoms with Gasteiger partial charge in [0.1, 0.15) is 11.7 Å². The second-order valence-electron chi connectivity index (χ2n) is 15.8. The van der Waals surface area contributed by atoms with Crippen LogP contribution in [0.15, 0.2) is 83.1 Å². The maximum Gasteiger partial charge on any atom is 0.302 e. The Kier molecular flexibility index (Phi) is 11.6. The van der Waals surface area contributed by atoms with E-state index in [4.69, 9.17) is 9.47 Å². The van der Waals surface area contributed by atoms with E-state index in [1.807, 2.05) is 89.3 Å². The molecule has 0 amide bonds. The molecule has 6 atom stereocenters. The lowest BCUT2D eigenvalue weighted by atomic mass is 9.58. The predicted molar refractivity (Wildman–Crippen MR) is 186 cm³/mol. The number of hydrogen-bond acceptors (Lipinski definition) is 6. The van der Waals surface area contributed by atoms with Crippen molar-refractivity contribution in [1.82, 2.24) is 0 Å². The minimum atomic E-state index is -0.975. The van der Waals surface area contributed by atoms with E-state index in [-0.39, 0.29) is 40.7 Å². The average Bonchev–Trinajstić information content (AvgIpc) is 3.49. The number of carbonyl (C=O) groups is 2. The van der Waals surface area contributed by atoms with Crippen LogP contribution in [-0.2, 0) is 19.1 Å². The van der Waals surface area contributed by atoms with Gasteiger partial charge in [-0.3, -0.25) is 9.59 Å². The monoisotopic (exact) mass is 634 g/mol. The zero-order valence-electron chi connectivity index (χ0n) is 30.1. The van der Waals surface area contributed by atoms with Gasteiger partial charge in [0.25, 0.3) is 0 Å². The fourth-order valence-electron chi connectivity index (χ4n) is 8.56. The predicted octanol–water partition coefficient (Wildman–Crippen LogP) is 8.23. The van der Waals surface area contributed by atoms with Crippen LogP contribution in [0.4, 0.5) is 0 Å². The Morgan fingerprint density at radius 1 is 0.783 bits per heavy atom. The fourth-order valence-corrected chi connectivity index (χ4v) is 8.56. The molecule has 1 heterocycles. The third kappa shape index (κ3) is 8.76. The third-order valence-electron chi connectivity index (χ3n) is 10.4. The summed E-state index contributed by atoms with van der Waals surface area (Å²) in [5, 5.41) is 21.6. The molecule has 0 bridgehead atoms. The number of ketones is 1. The summed E-state index contributed by atoms with van der Waals surface area (Å²) < 4.78 is 11.6. The Balaban J connectivity index is 1.54. The van der Waals surface area contributed by atoms with Crippen LogP contribution < -0.4 is 0 Å². The minimum Gasteiger partial charge on any atom is -0.462 e. The summed E-state index contributed by atoms with van der Waals surface area (Å²) in [6.07, 6.45) is 22.0. The number of carbonyl (C=O) groups excluding carboxylic acids is 2. The first-order valence-electron chi connectivity index (χ1n) is 16.7. The van der Waals surface area contributed by atoms with E-state index in [0.717, 1.165) is 16.7 Å². The first-order valence-corrected chi connectivity index (χ1v) is 16.7. The maximum absolute atomic E-state index is 13.1. The second-order valence-corrected chi connectivity index (χ2v) is 15.8. The molecule has 1 saturated heterocycles. The van der Waals surface area contributed by atoms with Gasteiger partial charge in [-0.15, -0.1) is 0 Å². The van der Waals surface area contributed by atoms with Crippen molar-refractivity contribution in [2.45, 2.75) is 137 Å². The molecule has 0 aromatic rings. The van der Waals surface area contributed by atoms with Gasteiger partial charge < -0.3 is 19.7 Å². The molecule has 2 saturated carbocycles. The Morgan fingerprint density at radius 3 is 1.87 bits per heavy atom. The van der Waals surface area contributed by atoms with Gasteiger partial charge in [-0.2, -0.15) is 0 Å². The van der Waals surface area contributed by atoms with E-state index in [1.54, 1.807) is 0 Å². The molecule has 46 heavy (non-hydrogen) atoms. The van der Waals surface area contributed by atoms with Crippen LogP contribution in [0.5, 0.6) is 0 Å². The largest absolute Gasteiger partial charge is 0.462 e. The minimum absolute atomic E-state index is 0.0552. The molecule has 3 rings (SSSR count). The molecule has 3 aliphatic rings. The number of Topliss-reactive ketones (excluding diaryl/α,β-unsaturated/α-hetero) is 1. The molecule has 0 aromatic heterocycles. The number of ether oxygens (including phenoxy) is 2. The molecule has 1 aliphatic heterocycles. The molecule has 2 N–H and O–H groups in total. The molecule has 0 spiro atoms. The number of esters is 1. The second kappa shape index (κ2) is 14.1. The first kappa shape index (κ1) is 37.7. The zero-order valence-corrected chi connectivity index (χ0v) is 30.1. The van der Waals surface area contributed by atoms with E-state index in [0.29, 0.717) is 37.7 Å². The lowest BCUT2D eigenvalue weighted by molar-refractivity contribution is -0.164. The van der Waals surface area contributed by atoms with Gasteiger partial charge in [-0.05, 0) is 70.8 Å². The van der Waals surface area contributed by atoms with Crippen molar-refractivity contribution in [1.29, 1.82) is 0 Å². The van der Waals surface area contributed by atoms with Crippen molar-refractivity contribution < 1.29 is 29.3 Å². The zero-order chi connectivity index (χ0) is 34.7.